The maximum absolute atomic E-state index is 12.6. The first-order valence-electron chi connectivity index (χ1n) is 4.92. The molecule has 0 saturated carbocycles. The van der Waals surface area contributed by atoms with E-state index in [0.717, 1.165) is 0 Å². The van der Waals surface area contributed by atoms with E-state index in [1.165, 1.54) is 0 Å². The molecule has 0 aliphatic rings. The van der Waals surface area contributed by atoms with Crippen molar-refractivity contribution in [3.05, 3.63) is 15.6 Å². The summed E-state index contributed by atoms with van der Waals surface area (Å²) < 4.78 is 37.8. The average molecular weight is 292 g/mol. The average Bonchev–Trinajstić information content (AvgIpc) is 2.56. The van der Waals surface area contributed by atoms with Crippen molar-refractivity contribution in [3.63, 3.8) is 0 Å². The first kappa shape index (κ1) is 14.7. The first-order valence-corrected chi connectivity index (χ1v) is 9.23. The molecule has 0 radical (unpaired) electrons. The minimum Gasteiger partial charge on any atom is -0.365 e. The van der Waals surface area contributed by atoms with E-state index in [1.54, 1.807) is 0 Å². The molecular formula is C10H11F3N2OSSi. The third kappa shape index (κ3) is 3.85. The fourth-order valence-electron chi connectivity index (χ4n) is 0.974. The van der Waals surface area contributed by atoms with Crippen LogP contribution in [0.15, 0.2) is 0 Å². The number of halogens is 3. The van der Waals surface area contributed by atoms with Crippen molar-refractivity contribution in [1.82, 2.24) is 4.98 Å². The summed E-state index contributed by atoms with van der Waals surface area (Å²) in [6, 6.07) is 0. The summed E-state index contributed by atoms with van der Waals surface area (Å²) >= 11 is 0.578. The zero-order chi connectivity index (χ0) is 14.1. The number of carbonyl (C=O) groups excluding carboxylic acids is 1. The number of aromatic nitrogens is 1. The van der Waals surface area contributed by atoms with Gasteiger partial charge in [-0.05, 0) is 5.92 Å². The Kier molecular flexibility index (Phi) is 3.88. The number of rotatable bonds is 1. The standard InChI is InChI=1S/C10H11F3N2OSSi/c1-18(2,3)5-4-6-15-8(10(11,12)13)7(17-6)9(14)16/h1-3H3,(H2,14,16). The number of hydrogen-bond donors (Lipinski definition) is 1. The highest BCUT2D eigenvalue weighted by atomic mass is 32.1. The fourth-order valence-corrected chi connectivity index (χ4v) is 2.35. The van der Waals surface area contributed by atoms with Crippen molar-refractivity contribution in [3.8, 4) is 11.5 Å². The highest BCUT2D eigenvalue weighted by Crippen LogP contribution is 2.33. The van der Waals surface area contributed by atoms with Gasteiger partial charge in [0, 0.05) is 0 Å². The predicted octanol–water partition coefficient (Wildman–Crippen LogP) is 2.49. The van der Waals surface area contributed by atoms with E-state index < -0.39 is 30.7 Å². The molecule has 0 aliphatic carbocycles. The van der Waals surface area contributed by atoms with Crippen LogP contribution in [0.1, 0.15) is 20.4 Å². The molecule has 18 heavy (non-hydrogen) atoms. The number of thiazole rings is 1. The van der Waals surface area contributed by atoms with Gasteiger partial charge in [0.15, 0.2) is 10.7 Å². The molecular weight excluding hydrogens is 281 g/mol. The van der Waals surface area contributed by atoms with Gasteiger partial charge in [-0.1, -0.05) is 31.0 Å². The van der Waals surface area contributed by atoms with Crippen LogP contribution < -0.4 is 5.73 Å². The number of nitrogens with two attached hydrogens (primary N) is 1. The summed E-state index contributed by atoms with van der Waals surface area (Å²) in [4.78, 5) is 13.7. The molecule has 0 fully saturated rings. The second kappa shape index (κ2) is 4.74. The number of hydrogen-bond acceptors (Lipinski definition) is 3. The molecule has 1 amide bonds. The number of amides is 1. The van der Waals surface area contributed by atoms with Crippen LogP contribution in [0.2, 0.25) is 19.6 Å². The zero-order valence-corrected chi connectivity index (χ0v) is 11.8. The quantitative estimate of drug-likeness (QED) is 0.638. The molecule has 1 aromatic heterocycles. The summed E-state index contributed by atoms with van der Waals surface area (Å²) in [5, 5.41) is -0.0291. The van der Waals surface area contributed by atoms with Crippen LogP contribution in [0, 0.1) is 11.5 Å². The lowest BCUT2D eigenvalue weighted by atomic mass is 10.3. The number of alkyl halides is 3. The van der Waals surface area contributed by atoms with Gasteiger partial charge in [-0.25, -0.2) is 4.98 Å². The lowest BCUT2D eigenvalue weighted by molar-refractivity contribution is -0.141. The molecule has 1 aromatic rings. The van der Waals surface area contributed by atoms with Crippen molar-refractivity contribution >= 4 is 25.3 Å². The maximum atomic E-state index is 12.6. The van der Waals surface area contributed by atoms with Gasteiger partial charge in [0.2, 0.25) is 0 Å². The zero-order valence-electron chi connectivity index (χ0n) is 9.97. The molecule has 98 valence electrons. The number of nitrogens with zero attached hydrogens (tertiary/aromatic N) is 1. The van der Waals surface area contributed by atoms with E-state index in [1.807, 2.05) is 19.6 Å². The van der Waals surface area contributed by atoms with Crippen molar-refractivity contribution in [2.24, 2.45) is 5.73 Å². The molecule has 0 aromatic carbocycles. The smallest absolute Gasteiger partial charge is 0.365 e. The Balaban J connectivity index is 3.27. The lowest BCUT2D eigenvalue weighted by Gasteiger charge is -2.03. The molecule has 0 bridgehead atoms. The molecule has 8 heteroatoms. The molecule has 0 aliphatic heterocycles. The Hall–Kier alpha value is -1.33. The Morgan fingerprint density at radius 3 is 2.28 bits per heavy atom. The fraction of sp³-hybridized carbons (Fsp3) is 0.400. The van der Waals surface area contributed by atoms with Gasteiger partial charge in [0.1, 0.15) is 13.0 Å². The number of carbonyl (C=O) groups is 1. The summed E-state index contributed by atoms with van der Waals surface area (Å²) in [7, 11) is -1.71. The van der Waals surface area contributed by atoms with E-state index >= 15 is 0 Å². The summed E-state index contributed by atoms with van der Waals surface area (Å²) in [6.07, 6.45) is -4.69. The van der Waals surface area contributed by atoms with Crippen molar-refractivity contribution < 1.29 is 18.0 Å². The summed E-state index contributed by atoms with van der Waals surface area (Å²) in [5.74, 6) is 1.45. The highest BCUT2D eigenvalue weighted by Gasteiger charge is 2.39. The van der Waals surface area contributed by atoms with Crippen LogP contribution in [-0.4, -0.2) is 19.0 Å². The van der Waals surface area contributed by atoms with Gasteiger partial charge < -0.3 is 5.73 Å². The van der Waals surface area contributed by atoms with E-state index in [4.69, 9.17) is 5.73 Å². The van der Waals surface area contributed by atoms with E-state index in [2.05, 4.69) is 16.4 Å². The van der Waals surface area contributed by atoms with Crippen molar-refractivity contribution in [2.45, 2.75) is 25.8 Å². The molecule has 2 N–H and O–H groups in total. The Morgan fingerprint density at radius 2 is 1.94 bits per heavy atom. The molecule has 0 atom stereocenters. The largest absolute Gasteiger partial charge is 0.435 e. The SMILES string of the molecule is C[Si](C)(C)C#Cc1nc(C(F)(F)F)c(C(N)=O)s1. The van der Waals surface area contributed by atoms with Gasteiger partial charge in [0.25, 0.3) is 5.91 Å². The number of primary amides is 1. The van der Waals surface area contributed by atoms with Gasteiger partial charge >= 0.3 is 6.18 Å². The molecule has 1 heterocycles. The molecule has 1 rings (SSSR count). The van der Waals surface area contributed by atoms with E-state index in [9.17, 15) is 18.0 Å². The Morgan fingerprint density at radius 1 is 1.39 bits per heavy atom. The maximum Gasteiger partial charge on any atom is 0.435 e. The van der Waals surface area contributed by atoms with E-state index in [0.29, 0.717) is 11.3 Å². The van der Waals surface area contributed by atoms with Crippen LogP contribution in [0.25, 0.3) is 0 Å². The van der Waals surface area contributed by atoms with Crippen molar-refractivity contribution in [1.29, 1.82) is 0 Å². The second-order valence-corrected chi connectivity index (χ2v) is 10.3. The van der Waals surface area contributed by atoms with Gasteiger partial charge in [-0.2, -0.15) is 13.2 Å². The van der Waals surface area contributed by atoms with Gasteiger partial charge in [-0.3, -0.25) is 4.79 Å². The summed E-state index contributed by atoms with van der Waals surface area (Å²) in [5.41, 5.74) is 6.53. The van der Waals surface area contributed by atoms with Crippen LogP contribution >= 0.6 is 11.3 Å². The molecule has 3 nitrogen and oxygen atoms in total. The van der Waals surface area contributed by atoms with Crippen molar-refractivity contribution in [2.75, 3.05) is 0 Å². The monoisotopic (exact) mass is 292 g/mol. The Labute approximate surface area is 107 Å². The lowest BCUT2D eigenvalue weighted by Crippen LogP contribution is -2.17. The molecule has 0 unspecified atom stereocenters. The predicted molar refractivity (Wildman–Crippen MR) is 65.9 cm³/mol. The molecule has 0 spiro atoms. The van der Waals surface area contributed by atoms with Crippen LogP contribution in [0.3, 0.4) is 0 Å². The van der Waals surface area contributed by atoms with Gasteiger partial charge in [0.05, 0.1) is 0 Å². The van der Waals surface area contributed by atoms with Crippen LogP contribution in [0.4, 0.5) is 13.2 Å². The topological polar surface area (TPSA) is 56.0 Å². The van der Waals surface area contributed by atoms with Crippen LogP contribution in [-0.2, 0) is 6.18 Å². The Bertz CT molecular complexity index is 534. The van der Waals surface area contributed by atoms with Gasteiger partial charge in [-0.15, -0.1) is 5.54 Å². The van der Waals surface area contributed by atoms with Crippen LogP contribution in [0.5, 0.6) is 0 Å². The summed E-state index contributed by atoms with van der Waals surface area (Å²) in [6.45, 7) is 5.85. The second-order valence-electron chi connectivity index (χ2n) is 4.56. The van der Waals surface area contributed by atoms with E-state index in [-0.39, 0.29) is 5.01 Å². The normalized spacial score (nSPS) is 11.9. The third-order valence-corrected chi connectivity index (χ3v) is 3.52. The minimum absolute atomic E-state index is 0.0291. The highest BCUT2D eigenvalue weighted by molar-refractivity contribution is 7.14. The first-order chi connectivity index (χ1) is 8.00. The molecule has 0 saturated heterocycles. The third-order valence-electron chi connectivity index (χ3n) is 1.66. The minimum atomic E-state index is -4.69.